The summed E-state index contributed by atoms with van der Waals surface area (Å²) in [4.78, 5) is 18.3. The summed E-state index contributed by atoms with van der Waals surface area (Å²) in [5, 5.41) is 1.04. The molecule has 5 heteroatoms. The van der Waals surface area contributed by atoms with Crippen molar-refractivity contribution >= 4 is 16.9 Å². The molecule has 0 saturated heterocycles. The lowest BCUT2D eigenvalue weighted by Gasteiger charge is -2.07. The van der Waals surface area contributed by atoms with Crippen LogP contribution >= 0.6 is 0 Å². The van der Waals surface area contributed by atoms with E-state index < -0.39 is 12.0 Å². The maximum atomic E-state index is 11.2. The molecule has 2 aromatic heterocycles. The first-order valence-electron chi connectivity index (χ1n) is 4.95. The lowest BCUT2D eigenvalue weighted by atomic mass is 10.1. The number of methoxy groups -OCH3 is 1. The van der Waals surface area contributed by atoms with Crippen molar-refractivity contribution in [2.75, 3.05) is 7.11 Å². The van der Waals surface area contributed by atoms with Gasteiger partial charge >= 0.3 is 5.97 Å². The highest BCUT2D eigenvalue weighted by molar-refractivity contribution is 5.83. The van der Waals surface area contributed by atoms with Gasteiger partial charge < -0.3 is 15.5 Å². The minimum Gasteiger partial charge on any atom is -0.468 e. The number of hydrogen-bond acceptors (Lipinski definition) is 4. The van der Waals surface area contributed by atoms with Crippen LogP contribution in [0.4, 0.5) is 0 Å². The first-order valence-corrected chi connectivity index (χ1v) is 4.95. The van der Waals surface area contributed by atoms with Crippen molar-refractivity contribution < 1.29 is 9.53 Å². The van der Waals surface area contributed by atoms with E-state index >= 15 is 0 Å². The van der Waals surface area contributed by atoms with Gasteiger partial charge in [-0.1, -0.05) is 0 Å². The van der Waals surface area contributed by atoms with Crippen molar-refractivity contribution in [1.82, 2.24) is 9.97 Å². The van der Waals surface area contributed by atoms with E-state index in [2.05, 4.69) is 14.7 Å². The topological polar surface area (TPSA) is 81.0 Å². The summed E-state index contributed by atoms with van der Waals surface area (Å²) in [5.41, 5.74) is 7.64. The summed E-state index contributed by atoms with van der Waals surface area (Å²) < 4.78 is 4.59. The molecule has 0 aromatic carbocycles. The summed E-state index contributed by atoms with van der Waals surface area (Å²) in [5.74, 6) is -0.400. The van der Waals surface area contributed by atoms with Crippen LogP contribution in [0.5, 0.6) is 0 Å². The minimum atomic E-state index is -0.628. The number of nitrogens with two attached hydrogens (primary N) is 1. The second-order valence-corrected chi connectivity index (χ2v) is 3.57. The Labute approximate surface area is 92.6 Å². The maximum Gasteiger partial charge on any atom is 0.322 e. The molecular weight excluding hydrogens is 206 g/mol. The fourth-order valence-electron chi connectivity index (χ4n) is 1.67. The number of pyridine rings is 1. The van der Waals surface area contributed by atoms with Crippen molar-refractivity contribution in [2.24, 2.45) is 5.73 Å². The second kappa shape index (κ2) is 4.32. The van der Waals surface area contributed by atoms with Gasteiger partial charge in [0.05, 0.1) is 18.8 Å². The van der Waals surface area contributed by atoms with Gasteiger partial charge in [0.25, 0.3) is 0 Å². The Kier molecular flexibility index (Phi) is 2.87. The molecular formula is C11H13N3O2. The van der Waals surface area contributed by atoms with Crippen molar-refractivity contribution in [3.05, 3.63) is 30.2 Å². The number of ether oxygens (including phenoxy) is 1. The summed E-state index contributed by atoms with van der Waals surface area (Å²) in [6, 6.07) is 1.27. The van der Waals surface area contributed by atoms with Crippen LogP contribution in [0.2, 0.25) is 0 Å². The highest BCUT2D eigenvalue weighted by Crippen LogP contribution is 2.17. The molecule has 5 nitrogen and oxygen atoms in total. The molecule has 0 spiro atoms. The van der Waals surface area contributed by atoms with Gasteiger partial charge in [-0.05, 0) is 11.6 Å². The molecule has 0 aliphatic rings. The molecule has 0 saturated carbocycles. The maximum absolute atomic E-state index is 11.2. The molecule has 2 heterocycles. The van der Waals surface area contributed by atoms with Crippen molar-refractivity contribution in [2.45, 2.75) is 12.5 Å². The van der Waals surface area contributed by atoms with E-state index in [0.717, 1.165) is 16.5 Å². The van der Waals surface area contributed by atoms with Gasteiger partial charge in [0, 0.05) is 24.2 Å². The highest BCUT2D eigenvalue weighted by Gasteiger charge is 2.16. The van der Waals surface area contributed by atoms with Crippen molar-refractivity contribution in [1.29, 1.82) is 0 Å². The summed E-state index contributed by atoms with van der Waals surface area (Å²) in [6.07, 6.45) is 5.75. The normalized spacial score (nSPS) is 12.6. The number of hydrogen-bond donors (Lipinski definition) is 2. The zero-order valence-electron chi connectivity index (χ0n) is 8.93. The van der Waals surface area contributed by atoms with Crippen LogP contribution in [-0.4, -0.2) is 29.1 Å². The zero-order chi connectivity index (χ0) is 11.5. The first-order chi connectivity index (χ1) is 7.72. The van der Waals surface area contributed by atoms with Gasteiger partial charge in [-0.25, -0.2) is 0 Å². The van der Waals surface area contributed by atoms with Crippen LogP contribution in [0, 0.1) is 0 Å². The van der Waals surface area contributed by atoms with Crippen LogP contribution in [0.3, 0.4) is 0 Å². The largest absolute Gasteiger partial charge is 0.468 e. The van der Waals surface area contributed by atoms with Gasteiger partial charge in [0.2, 0.25) is 0 Å². The SMILES string of the molecule is COC(=O)C(N)Cc1c[nH]c2cnccc12. The summed E-state index contributed by atoms with van der Waals surface area (Å²) >= 11 is 0. The number of carbonyl (C=O) groups is 1. The molecule has 0 amide bonds. The molecule has 2 rings (SSSR count). The average molecular weight is 219 g/mol. The predicted molar refractivity (Wildman–Crippen MR) is 59.8 cm³/mol. The molecule has 0 aliphatic heterocycles. The second-order valence-electron chi connectivity index (χ2n) is 3.57. The zero-order valence-corrected chi connectivity index (χ0v) is 8.93. The van der Waals surface area contributed by atoms with Gasteiger partial charge in [0.15, 0.2) is 0 Å². The van der Waals surface area contributed by atoms with Gasteiger partial charge in [0.1, 0.15) is 6.04 Å². The van der Waals surface area contributed by atoms with E-state index in [-0.39, 0.29) is 0 Å². The van der Waals surface area contributed by atoms with Crippen molar-refractivity contribution in [3.63, 3.8) is 0 Å². The van der Waals surface area contributed by atoms with Crippen LogP contribution in [0.15, 0.2) is 24.7 Å². The van der Waals surface area contributed by atoms with E-state index in [4.69, 9.17) is 5.73 Å². The van der Waals surface area contributed by atoms with Crippen LogP contribution in [0.1, 0.15) is 5.56 Å². The number of esters is 1. The fraction of sp³-hybridized carbons (Fsp3) is 0.273. The molecule has 1 unspecified atom stereocenters. The number of rotatable bonds is 3. The Morgan fingerprint density at radius 1 is 1.69 bits per heavy atom. The number of fused-ring (bicyclic) bond motifs is 1. The molecule has 84 valence electrons. The number of aromatic nitrogens is 2. The molecule has 0 aliphatic carbocycles. The Bertz CT molecular complexity index is 507. The molecule has 3 N–H and O–H groups in total. The Morgan fingerprint density at radius 2 is 2.50 bits per heavy atom. The van der Waals surface area contributed by atoms with Gasteiger partial charge in [-0.15, -0.1) is 0 Å². The minimum absolute atomic E-state index is 0.400. The Hall–Kier alpha value is -1.88. The fourth-order valence-corrected chi connectivity index (χ4v) is 1.67. The van der Waals surface area contributed by atoms with Crippen molar-refractivity contribution in [3.8, 4) is 0 Å². The molecule has 0 bridgehead atoms. The lowest BCUT2D eigenvalue weighted by Crippen LogP contribution is -2.33. The molecule has 0 fully saturated rings. The van der Waals surface area contributed by atoms with Gasteiger partial charge in [-0.2, -0.15) is 0 Å². The van der Waals surface area contributed by atoms with E-state index in [9.17, 15) is 4.79 Å². The van der Waals surface area contributed by atoms with E-state index in [1.165, 1.54) is 7.11 Å². The number of nitrogens with zero attached hydrogens (tertiary/aromatic N) is 1. The van der Waals surface area contributed by atoms with E-state index in [1.807, 2.05) is 12.3 Å². The molecule has 2 aromatic rings. The number of H-pyrrole nitrogens is 1. The van der Waals surface area contributed by atoms with Gasteiger partial charge in [-0.3, -0.25) is 9.78 Å². The Morgan fingerprint density at radius 3 is 3.25 bits per heavy atom. The molecule has 16 heavy (non-hydrogen) atoms. The van der Waals surface area contributed by atoms with Crippen LogP contribution in [-0.2, 0) is 16.0 Å². The third kappa shape index (κ3) is 1.90. The standard InChI is InChI=1S/C11H13N3O2/c1-16-11(15)9(12)4-7-5-14-10-6-13-3-2-8(7)10/h2-3,5-6,9,14H,4,12H2,1H3. The quantitative estimate of drug-likeness (QED) is 0.741. The third-order valence-electron chi connectivity index (χ3n) is 2.51. The summed E-state index contributed by atoms with van der Waals surface area (Å²) in [7, 11) is 1.33. The van der Waals surface area contributed by atoms with E-state index in [1.54, 1.807) is 12.4 Å². The molecule has 1 atom stereocenters. The van der Waals surface area contributed by atoms with E-state index in [0.29, 0.717) is 6.42 Å². The van der Waals surface area contributed by atoms with Crippen LogP contribution in [0.25, 0.3) is 10.9 Å². The Balaban J connectivity index is 2.24. The molecule has 0 radical (unpaired) electrons. The lowest BCUT2D eigenvalue weighted by molar-refractivity contribution is -0.142. The number of aromatic amines is 1. The smallest absolute Gasteiger partial charge is 0.322 e. The van der Waals surface area contributed by atoms with Crippen LogP contribution < -0.4 is 5.73 Å². The summed E-state index contributed by atoms with van der Waals surface area (Å²) in [6.45, 7) is 0. The predicted octanol–water partition coefficient (Wildman–Crippen LogP) is 0.606. The first kappa shape index (κ1) is 10.6. The number of nitrogens with one attached hydrogen (secondary N) is 1. The highest BCUT2D eigenvalue weighted by atomic mass is 16.5. The number of carbonyl (C=O) groups excluding carboxylic acids is 1. The third-order valence-corrected chi connectivity index (χ3v) is 2.51. The average Bonchev–Trinajstić information content (AvgIpc) is 2.72. The monoisotopic (exact) mass is 219 g/mol.